The molecule has 5 unspecified atom stereocenters. The smallest absolute Gasteiger partial charge is 0.223 e. The first kappa shape index (κ1) is 29.4. The second-order valence-corrected chi connectivity index (χ2v) is 12.4. The van der Waals surface area contributed by atoms with Crippen molar-refractivity contribution in [3.05, 3.63) is 71.5 Å². The highest BCUT2D eigenvalue weighted by Gasteiger charge is 2.36. The lowest BCUT2D eigenvalue weighted by atomic mass is 9.72. The van der Waals surface area contributed by atoms with Crippen LogP contribution in [-0.2, 0) is 4.79 Å². The molecule has 2 saturated carbocycles. The van der Waals surface area contributed by atoms with Crippen molar-refractivity contribution in [2.75, 3.05) is 7.11 Å². The number of carbonyl (C=O) groups is 1. The minimum Gasteiger partial charge on any atom is -0.496 e. The average molecular weight is 558 g/mol. The van der Waals surface area contributed by atoms with E-state index in [-0.39, 0.29) is 29.7 Å². The highest BCUT2D eigenvalue weighted by Crippen LogP contribution is 2.43. The van der Waals surface area contributed by atoms with Gasteiger partial charge in [-0.3, -0.25) is 9.48 Å². The van der Waals surface area contributed by atoms with Crippen molar-refractivity contribution in [3.63, 3.8) is 0 Å². The first-order valence-corrected chi connectivity index (χ1v) is 15.6. The average Bonchev–Trinajstić information content (AvgIpc) is 3.50. The lowest BCUT2D eigenvalue weighted by Crippen LogP contribution is -2.41. The molecule has 41 heavy (non-hydrogen) atoms. The third kappa shape index (κ3) is 6.69. The highest BCUT2D eigenvalue weighted by molar-refractivity contribution is 5.79. The van der Waals surface area contributed by atoms with Gasteiger partial charge in [0.2, 0.25) is 5.91 Å². The Balaban J connectivity index is 1.39. The molecule has 1 amide bonds. The number of methoxy groups -OCH3 is 1. The van der Waals surface area contributed by atoms with E-state index in [1.165, 1.54) is 6.42 Å². The molecule has 2 fully saturated rings. The van der Waals surface area contributed by atoms with Gasteiger partial charge in [-0.1, -0.05) is 56.5 Å². The van der Waals surface area contributed by atoms with Crippen molar-refractivity contribution in [1.82, 2.24) is 15.1 Å². The molecule has 0 bridgehead atoms. The maximum atomic E-state index is 13.6. The van der Waals surface area contributed by atoms with Crippen LogP contribution >= 0.6 is 0 Å². The largest absolute Gasteiger partial charge is 0.496 e. The van der Waals surface area contributed by atoms with Crippen LogP contribution < -0.4 is 10.1 Å². The molecule has 5 rings (SSSR count). The van der Waals surface area contributed by atoms with Crippen molar-refractivity contribution in [2.45, 2.75) is 103 Å². The predicted molar refractivity (Wildman–Crippen MR) is 164 cm³/mol. The fourth-order valence-electron chi connectivity index (χ4n) is 6.94. The lowest BCUT2D eigenvalue weighted by molar-refractivity contribution is -0.127. The fraction of sp³-hybridized carbons (Fsp3) is 0.543. The molecule has 3 aromatic rings. The van der Waals surface area contributed by atoms with Crippen LogP contribution in [0.5, 0.6) is 5.75 Å². The summed E-state index contributed by atoms with van der Waals surface area (Å²) in [5, 5.41) is 19.5. The molecule has 1 aromatic heterocycles. The van der Waals surface area contributed by atoms with Gasteiger partial charge in [0.25, 0.3) is 0 Å². The molecule has 0 saturated heterocycles. The Morgan fingerprint density at radius 1 is 1.10 bits per heavy atom. The van der Waals surface area contributed by atoms with Gasteiger partial charge in [-0.25, -0.2) is 0 Å². The number of nitrogens with one attached hydrogen (secondary N) is 1. The summed E-state index contributed by atoms with van der Waals surface area (Å²) in [4.78, 5) is 13.6. The van der Waals surface area contributed by atoms with Crippen LogP contribution in [0.2, 0.25) is 0 Å². The van der Waals surface area contributed by atoms with Crippen LogP contribution in [0, 0.1) is 18.8 Å². The van der Waals surface area contributed by atoms with Crippen LogP contribution in [0.15, 0.2) is 54.9 Å². The van der Waals surface area contributed by atoms with Gasteiger partial charge in [0.1, 0.15) is 5.75 Å². The summed E-state index contributed by atoms with van der Waals surface area (Å²) >= 11 is 0. The minimum atomic E-state index is -0.465. The Morgan fingerprint density at radius 3 is 2.61 bits per heavy atom. The summed E-state index contributed by atoms with van der Waals surface area (Å²) in [6, 6.07) is 15.0. The lowest BCUT2D eigenvalue weighted by Gasteiger charge is -2.38. The SMILES string of the molecule is CCC(C)n1cc(-c2cccc(C(NC(=O)C3CCCCC3)C3CCC(c4ccc(OC)c(C)c4)C(O)C3)c2)cn1. The van der Waals surface area contributed by atoms with Crippen molar-refractivity contribution in [2.24, 2.45) is 11.8 Å². The minimum absolute atomic E-state index is 0.0864. The van der Waals surface area contributed by atoms with Crippen molar-refractivity contribution in [1.29, 1.82) is 0 Å². The van der Waals surface area contributed by atoms with Crippen LogP contribution in [-0.4, -0.2) is 34.0 Å². The number of benzene rings is 2. The maximum absolute atomic E-state index is 13.6. The van der Waals surface area contributed by atoms with E-state index in [1.54, 1.807) is 7.11 Å². The molecule has 0 radical (unpaired) electrons. The fourth-order valence-corrected chi connectivity index (χ4v) is 6.94. The van der Waals surface area contributed by atoms with Crippen LogP contribution in [0.25, 0.3) is 11.1 Å². The van der Waals surface area contributed by atoms with Gasteiger partial charge >= 0.3 is 0 Å². The Morgan fingerprint density at radius 2 is 1.90 bits per heavy atom. The van der Waals surface area contributed by atoms with Crippen molar-refractivity contribution < 1.29 is 14.6 Å². The Hall–Kier alpha value is -3.12. The number of ether oxygens (including phenoxy) is 1. The molecule has 6 nitrogen and oxygen atoms in total. The van der Waals surface area contributed by atoms with Gasteiger partial charge in [-0.05, 0) is 92.7 Å². The van der Waals surface area contributed by atoms with E-state index >= 15 is 0 Å². The van der Waals surface area contributed by atoms with Crippen LogP contribution in [0.3, 0.4) is 0 Å². The summed E-state index contributed by atoms with van der Waals surface area (Å²) in [7, 11) is 1.69. The van der Waals surface area contributed by atoms with Crippen molar-refractivity contribution >= 4 is 5.91 Å². The quantitative estimate of drug-likeness (QED) is 0.285. The molecule has 2 aliphatic rings. The van der Waals surface area contributed by atoms with Gasteiger partial charge in [0.15, 0.2) is 0 Å². The van der Waals surface area contributed by atoms with Gasteiger partial charge < -0.3 is 15.2 Å². The molecule has 0 aliphatic heterocycles. The molecular weight excluding hydrogens is 510 g/mol. The first-order valence-electron chi connectivity index (χ1n) is 15.6. The third-order valence-corrected chi connectivity index (χ3v) is 9.67. The molecule has 2 aliphatic carbocycles. The van der Waals surface area contributed by atoms with Crippen LogP contribution in [0.4, 0.5) is 0 Å². The molecule has 0 spiro atoms. The van der Waals surface area contributed by atoms with Gasteiger partial charge in [-0.2, -0.15) is 5.10 Å². The van der Waals surface area contributed by atoms with Crippen LogP contribution in [0.1, 0.15) is 106 Å². The van der Waals surface area contributed by atoms with E-state index in [0.29, 0.717) is 12.5 Å². The van der Waals surface area contributed by atoms with E-state index in [4.69, 9.17) is 4.74 Å². The number of aliphatic hydroxyl groups excluding tert-OH is 1. The zero-order valence-corrected chi connectivity index (χ0v) is 25.2. The van der Waals surface area contributed by atoms with Gasteiger partial charge in [0.05, 0.1) is 25.5 Å². The molecule has 5 atom stereocenters. The summed E-state index contributed by atoms with van der Waals surface area (Å²) in [5.41, 5.74) is 5.56. The van der Waals surface area contributed by atoms with Gasteiger partial charge in [0, 0.05) is 29.6 Å². The second-order valence-electron chi connectivity index (χ2n) is 12.4. The zero-order valence-electron chi connectivity index (χ0n) is 25.2. The number of amides is 1. The maximum Gasteiger partial charge on any atom is 0.223 e. The Labute approximate surface area is 245 Å². The van der Waals surface area contributed by atoms with E-state index in [2.05, 4.69) is 73.8 Å². The molecule has 6 heteroatoms. The highest BCUT2D eigenvalue weighted by atomic mass is 16.5. The van der Waals surface area contributed by atoms with Gasteiger partial charge in [-0.15, -0.1) is 0 Å². The normalized spacial score (nSPS) is 23.1. The van der Waals surface area contributed by atoms with E-state index in [1.807, 2.05) is 16.9 Å². The first-order chi connectivity index (χ1) is 19.9. The number of hydrogen-bond donors (Lipinski definition) is 2. The molecular formula is C35H47N3O3. The Kier molecular flexibility index (Phi) is 9.49. The number of rotatable bonds is 9. The summed E-state index contributed by atoms with van der Waals surface area (Å²) in [6.45, 7) is 6.40. The number of aryl methyl sites for hydroxylation is 1. The number of hydrogen-bond acceptors (Lipinski definition) is 4. The van der Waals surface area contributed by atoms with E-state index in [0.717, 1.165) is 78.5 Å². The molecule has 1 heterocycles. The number of carbonyl (C=O) groups excluding carboxylic acids is 1. The predicted octanol–water partition coefficient (Wildman–Crippen LogP) is 7.52. The third-order valence-electron chi connectivity index (χ3n) is 9.67. The number of aromatic nitrogens is 2. The monoisotopic (exact) mass is 557 g/mol. The number of aliphatic hydroxyl groups is 1. The molecule has 2 N–H and O–H groups in total. The van der Waals surface area contributed by atoms with E-state index in [9.17, 15) is 9.90 Å². The standard InChI is InChI=1S/C35H47N3O3/c1-5-24(3)38-22-30(21-36-38)26-12-9-13-28(19-26)34(37-35(40)25-10-7-6-8-11-25)29-14-16-31(32(39)20-29)27-15-17-33(41-4)23(2)18-27/h9,12-13,15,17-19,21-22,24-25,29,31-32,34,39H,5-8,10-11,14,16,20H2,1-4H3,(H,37,40). The summed E-state index contributed by atoms with van der Waals surface area (Å²) in [5.74, 6) is 1.38. The summed E-state index contributed by atoms with van der Waals surface area (Å²) in [6.07, 6.45) is 12.5. The molecule has 220 valence electrons. The zero-order chi connectivity index (χ0) is 28.9. The topological polar surface area (TPSA) is 76.4 Å². The second kappa shape index (κ2) is 13.2. The Bertz CT molecular complexity index is 1310. The van der Waals surface area contributed by atoms with E-state index < -0.39 is 6.10 Å². The van der Waals surface area contributed by atoms with Crippen molar-refractivity contribution in [3.8, 4) is 16.9 Å². The number of nitrogens with zero attached hydrogens (tertiary/aromatic N) is 2. The molecule has 2 aromatic carbocycles. The summed E-state index contributed by atoms with van der Waals surface area (Å²) < 4.78 is 7.48.